The summed E-state index contributed by atoms with van der Waals surface area (Å²) in [5.74, 6) is 0. The second-order valence-corrected chi connectivity index (χ2v) is 5.10. The molecular weight excluding hydrogens is 497 g/mol. The third kappa shape index (κ3) is 94.9. The summed E-state index contributed by atoms with van der Waals surface area (Å²) < 4.78 is 0. The van der Waals surface area contributed by atoms with E-state index in [2.05, 4.69) is 67.3 Å². The Morgan fingerprint density at radius 1 is 0.870 bits per heavy atom. The first kappa shape index (κ1) is 44.6. The predicted molar refractivity (Wildman–Crippen MR) is 125 cm³/mol. The normalized spacial score (nSPS) is 7.30. The van der Waals surface area contributed by atoms with Gasteiger partial charge < -0.3 is 22.1 Å². The summed E-state index contributed by atoms with van der Waals surface area (Å²) in [7, 11) is 6.65. The van der Waals surface area contributed by atoms with Crippen LogP contribution in [0, 0.1) is 0 Å². The number of nitrogens with one attached hydrogen (secondary N) is 2. The van der Waals surface area contributed by atoms with Crippen molar-refractivity contribution in [1.82, 2.24) is 10.6 Å². The van der Waals surface area contributed by atoms with E-state index in [1.165, 1.54) is 12.8 Å². The maximum Gasteiger partial charge on any atom is 0.0129 e. The van der Waals surface area contributed by atoms with Gasteiger partial charge in [0.25, 0.3) is 0 Å². The fourth-order valence-corrected chi connectivity index (χ4v) is 0.810. The van der Waals surface area contributed by atoms with E-state index in [1.807, 2.05) is 7.05 Å². The number of hydrogen-bond acceptors (Lipinski definition) is 4. The van der Waals surface area contributed by atoms with Crippen molar-refractivity contribution >= 4 is 49.7 Å². The Labute approximate surface area is 181 Å². The van der Waals surface area contributed by atoms with Crippen LogP contribution in [0.2, 0.25) is 0 Å². The summed E-state index contributed by atoms with van der Waals surface area (Å²) in [4.78, 5) is 0. The van der Waals surface area contributed by atoms with Gasteiger partial charge in [0.1, 0.15) is 0 Å². The van der Waals surface area contributed by atoms with E-state index < -0.39 is 0 Å². The molecule has 6 N–H and O–H groups in total. The average Bonchev–Trinajstić information content (AvgIpc) is 2.51. The smallest absolute Gasteiger partial charge is 0.0129 e. The second-order valence-electron chi connectivity index (χ2n) is 3.52. The van der Waals surface area contributed by atoms with Crippen molar-refractivity contribution in [3.05, 3.63) is 0 Å². The Morgan fingerprint density at radius 3 is 1.52 bits per heavy atom. The summed E-state index contributed by atoms with van der Waals surface area (Å²) in [6, 6.07) is 0. The van der Waals surface area contributed by atoms with Gasteiger partial charge in [-0.05, 0) is 59.0 Å². The summed E-state index contributed by atoms with van der Waals surface area (Å²) in [5, 5.41) is 8.53. The van der Waals surface area contributed by atoms with Crippen molar-refractivity contribution in [3.63, 3.8) is 0 Å². The van der Waals surface area contributed by atoms with Gasteiger partial charge in [0.05, 0.1) is 0 Å². The Bertz CT molecular complexity index is 115. The van der Waals surface area contributed by atoms with Crippen molar-refractivity contribution in [2.24, 2.45) is 11.5 Å². The van der Waals surface area contributed by atoms with E-state index in [0.29, 0.717) is 0 Å². The van der Waals surface area contributed by atoms with Crippen LogP contribution in [0.4, 0.5) is 0 Å². The molecule has 2 unspecified atom stereocenters. The molecule has 0 spiro atoms. The standard InChI is InChI=1S/C7H18N2.C3H10N2.C2H4Br2.2CH4.H4P2.V/c1-3-5-9-7-4-6-8-2;4-2-1-3-5;3-1-2-4;;;1-2;/h8-9H,3-7H2,1-2H3;1-5H2;1-2H2;2*1H4;1-2H2;. The monoisotopic (exact) mass is 539 g/mol. The molecule has 0 saturated carbocycles. The Kier molecular flexibility index (Phi) is 125. The molecule has 0 fully saturated rings. The first-order valence-corrected chi connectivity index (χ1v) is 11.9. The van der Waals surface area contributed by atoms with E-state index >= 15 is 0 Å². The molecule has 0 amide bonds. The molecule has 9 heteroatoms. The molecule has 2 atom stereocenters. The minimum atomic E-state index is 0. The molecular formula is C14H44Br2N4P2V. The van der Waals surface area contributed by atoms with Crippen LogP contribution < -0.4 is 22.1 Å². The largest absolute Gasteiger partial charge is 0.330 e. The van der Waals surface area contributed by atoms with Crippen LogP contribution in [-0.4, -0.2) is 50.4 Å². The van der Waals surface area contributed by atoms with Crippen LogP contribution in [0.25, 0.3) is 0 Å². The van der Waals surface area contributed by atoms with Crippen LogP contribution in [0.3, 0.4) is 0 Å². The van der Waals surface area contributed by atoms with E-state index in [-0.39, 0.29) is 33.4 Å². The Morgan fingerprint density at radius 2 is 1.30 bits per heavy atom. The van der Waals surface area contributed by atoms with Crippen LogP contribution in [-0.2, 0) is 18.6 Å². The third-order valence-electron chi connectivity index (χ3n) is 1.69. The van der Waals surface area contributed by atoms with Gasteiger partial charge in [-0.2, -0.15) is 0 Å². The molecule has 0 rings (SSSR count). The van der Waals surface area contributed by atoms with Gasteiger partial charge in [-0.1, -0.05) is 53.6 Å². The van der Waals surface area contributed by atoms with Crippen LogP contribution >= 0.6 is 49.7 Å². The number of rotatable bonds is 9. The van der Waals surface area contributed by atoms with Crippen LogP contribution in [0.1, 0.15) is 41.0 Å². The molecule has 0 aliphatic rings. The van der Waals surface area contributed by atoms with Gasteiger partial charge in [-0.3, -0.25) is 0 Å². The van der Waals surface area contributed by atoms with E-state index in [9.17, 15) is 0 Å². The van der Waals surface area contributed by atoms with Crippen molar-refractivity contribution in [1.29, 1.82) is 0 Å². The van der Waals surface area contributed by atoms with Gasteiger partial charge in [0, 0.05) is 29.2 Å². The summed E-state index contributed by atoms with van der Waals surface area (Å²) >= 11 is 6.40. The number of hydrogen-bond donors (Lipinski definition) is 4. The topological polar surface area (TPSA) is 76.1 Å². The zero-order valence-electron chi connectivity index (χ0n) is 13.6. The molecule has 149 valence electrons. The Hall–Kier alpha value is 2.24. The van der Waals surface area contributed by atoms with Crippen molar-refractivity contribution in [2.45, 2.75) is 41.0 Å². The van der Waals surface area contributed by atoms with Crippen LogP contribution in [0.15, 0.2) is 0 Å². The molecule has 23 heavy (non-hydrogen) atoms. The molecule has 0 aromatic rings. The third-order valence-corrected chi connectivity index (χ3v) is 3.54. The SMILES string of the molecule is BrCCBr.C.C.CCCNCCCNC.NCCCN.PP.[V]. The predicted octanol–water partition coefficient (Wildman–Crippen LogP) is 3.59. The molecule has 0 heterocycles. The van der Waals surface area contributed by atoms with Crippen LogP contribution in [0.5, 0.6) is 0 Å². The zero-order valence-corrected chi connectivity index (χ0v) is 20.5. The molecule has 0 aromatic heterocycles. The van der Waals surface area contributed by atoms with Gasteiger partial charge in [-0.25, -0.2) is 0 Å². The number of alkyl halides is 2. The van der Waals surface area contributed by atoms with Gasteiger partial charge in [0.15, 0.2) is 0 Å². The first-order valence-electron chi connectivity index (χ1n) is 6.95. The fraction of sp³-hybridized carbons (Fsp3) is 1.00. The average molecular weight is 541 g/mol. The fourth-order valence-electron chi connectivity index (χ4n) is 0.810. The summed E-state index contributed by atoms with van der Waals surface area (Å²) in [5.41, 5.74) is 10.1. The number of nitrogens with two attached hydrogens (primary N) is 2. The van der Waals surface area contributed by atoms with E-state index in [4.69, 9.17) is 11.5 Å². The van der Waals surface area contributed by atoms with Crippen molar-refractivity contribution < 1.29 is 18.6 Å². The zero-order chi connectivity index (χ0) is 16.5. The molecule has 0 aliphatic heterocycles. The molecule has 4 nitrogen and oxygen atoms in total. The summed E-state index contributed by atoms with van der Waals surface area (Å²) in [6.07, 6.45) is 3.41. The molecule has 0 bridgehead atoms. The van der Waals surface area contributed by atoms with Crippen molar-refractivity contribution in [3.8, 4) is 0 Å². The summed E-state index contributed by atoms with van der Waals surface area (Å²) in [6.45, 7) is 7.05. The van der Waals surface area contributed by atoms with E-state index in [0.717, 1.165) is 49.8 Å². The Balaban J connectivity index is -0.0000000320. The second kappa shape index (κ2) is 64.6. The van der Waals surface area contributed by atoms with Crippen molar-refractivity contribution in [2.75, 3.05) is 50.4 Å². The van der Waals surface area contributed by atoms with Gasteiger partial charge >= 0.3 is 0 Å². The maximum absolute atomic E-state index is 5.06. The molecule has 0 aromatic carbocycles. The minimum Gasteiger partial charge on any atom is -0.330 e. The number of halogens is 2. The first-order chi connectivity index (χ1) is 9.74. The molecule has 0 aliphatic carbocycles. The molecule has 0 saturated heterocycles. The maximum atomic E-state index is 5.06. The van der Waals surface area contributed by atoms with Gasteiger partial charge in [0.2, 0.25) is 0 Å². The minimum absolute atomic E-state index is 0. The molecule has 1 radical (unpaired) electrons. The van der Waals surface area contributed by atoms with E-state index in [1.54, 1.807) is 0 Å². The van der Waals surface area contributed by atoms with Gasteiger partial charge in [-0.15, -0.1) is 17.9 Å². The quantitative estimate of drug-likeness (QED) is 0.205.